The van der Waals surface area contributed by atoms with Gasteiger partial charge in [-0.2, -0.15) is 0 Å². The van der Waals surface area contributed by atoms with Gasteiger partial charge in [0.1, 0.15) is 0 Å². The average Bonchev–Trinajstić information content (AvgIpc) is 2.33. The highest BCUT2D eigenvalue weighted by Crippen LogP contribution is 2.13. The molecule has 0 radical (unpaired) electrons. The zero-order chi connectivity index (χ0) is 11.2. The van der Waals surface area contributed by atoms with Crippen LogP contribution in [0.15, 0.2) is 24.5 Å². The Balaban J connectivity index is 1.96. The average molecular weight is 222 g/mol. The lowest BCUT2D eigenvalue weighted by atomic mass is 10.1. The third kappa shape index (κ3) is 3.01. The fourth-order valence-corrected chi connectivity index (χ4v) is 2.04. The third-order valence-electron chi connectivity index (χ3n) is 2.92. The van der Waals surface area contributed by atoms with E-state index in [1.54, 1.807) is 6.20 Å². The number of pyridine rings is 1. The maximum Gasteiger partial charge on any atom is 0.0623 e. The minimum Gasteiger partial charge on any atom is -0.396 e. The van der Waals surface area contributed by atoms with Gasteiger partial charge >= 0.3 is 0 Å². The zero-order valence-corrected chi connectivity index (χ0v) is 9.38. The van der Waals surface area contributed by atoms with E-state index < -0.39 is 0 Å². The van der Waals surface area contributed by atoms with Crippen LogP contribution in [0.25, 0.3) is 0 Å². The van der Waals surface area contributed by atoms with Gasteiger partial charge in [-0.25, -0.2) is 0 Å². The first-order chi connectivity index (χ1) is 7.90. The zero-order valence-electron chi connectivity index (χ0n) is 9.38. The van der Waals surface area contributed by atoms with Gasteiger partial charge in [-0.05, 0) is 18.1 Å². The molecule has 1 N–H and O–H groups in total. The highest BCUT2D eigenvalue weighted by atomic mass is 16.5. The van der Waals surface area contributed by atoms with E-state index in [0.29, 0.717) is 6.04 Å². The molecule has 0 bridgehead atoms. The summed E-state index contributed by atoms with van der Waals surface area (Å²) in [6, 6.07) is 4.37. The second kappa shape index (κ2) is 5.94. The van der Waals surface area contributed by atoms with Gasteiger partial charge in [0.25, 0.3) is 0 Å². The molecule has 2 rings (SSSR count). The van der Waals surface area contributed by atoms with Crippen molar-refractivity contribution in [2.45, 2.75) is 19.0 Å². The van der Waals surface area contributed by atoms with Crippen molar-refractivity contribution < 1.29 is 9.84 Å². The molecule has 0 amide bonds. The Morgan fingerprint density at radius 3 is 3.25 bits per heavy atom. The molecule has 16 heavy (non-hydrogen) atoms. The minimum atomic E-state index is 0.220. The number of nitrogens with zero attached hydrogens (tertiary/aromatic N) is 2. The fraction of sp³-hybridized carbons (Fsp3) is 0.583. The molecule has 1 unspecified atom stereocenters. The van der Waals surface area contributed by atoms with Crippen molar-refractivity contribution in [3.05, 3.63) is 30.1 Å². The summed E-state index contributed by atoms with van der Waals surface area (Å²) in [4.78, 5) is 6.47. The van der Waals surface area contributed by atoms with Gasteiger partial charge in [0, 0.05) is 38.1 Å². The minimum absolute atomic E-state index is 0.220. The molecular formula is C12H18N2O2. The van der Waals surface area contributed by atoms with Crippen LogP contribution in [0.4, 0.5) is 0 Å². The number of aliphatic hydroxyl groups excluding tert-OH is 1. The van der Waals surface area contributed by atoms with Crippen molar-refractivity contribution in [1.82, 2.24) is 9.88 Å². The lowest BCUT2D eigenvalue weighted by Crippen LogP contribution is -2.45. The van der Waals surface area contributed by atoms with Gasteiger partial charge in [0.15, 0.2) is 0 Å². The van der Waals surface area contributed by atoms with Crippen molar-refractivity contribution in [3.8, 4) is 0 Å². The molecule has 1 aromatic heterocycles. The van der Waals surface area contributed by atoms with E-state index >= 15 is 0 Å². The summed E-state index contributed by atoms with van der Waals surface area (Å²) < 4.78 is 5.43. The van der Waals surface area contributed by atoms with Gasteiger partial charge in [-0.15, -0.1) is 0 Å². The van der Waals surface area contributed by atoms with Crippen LogP contribution in [0.2, 0.25) is 0 Å². The second-order valence-corrected chi connectivity index (χ2v) is 4.07. The molecule has 4 heteroatoms. The molecule has 0 spiro atoms. The maximum atomic E-state index is 9.01. The lowest BCUT2D eigenvalue weighted by molar-refractivity contribution is -0.0195. The van der Waals surface area contributed by atoms with Crippen LogP contribution in [-0.2, 0) is 11.3 Å². The van der Waals surface area contributed by atoms with Crippen LogP contribution < -0.4 is 0 Å². The maximum absolute atomic E-state index is 9.01. The van der Waals surface area contributed by atoms with Gasteiger partial charge in [-0.1, -0.05) is 6.07 Å². The summed E-state index contributed by atoms with van der Waals surface area (Å²) in [7, 11) is 0. The van der Waals surface area contributed by atoms with Crippen LogP contribution in [0.3, 0.4) is 0 Å². The van der Waals surface area contributed by atoms with Crippen LogP contribution >= 0.6 is 0 Å². The summed E-state index contributed by atoms with van der Waals surface area (Å²) in [6.07, 6.45) is 4.46. The Morgan fingerprint density at radius 1 is 1.56 bits per heavy atom. The molecule has 1 saturated heterocycles. The highest BCUT2D eigenvalue weighted by Gasteiger charge is 2.22. The largest absolute Gasteiger partial charge is 0.396 e. The normalized spacial score (nSPS) is 22.2. The summed E-state index contributed by atoms with van der Waals surface area (Å²) in [6.45, 7) is 3.54. The number of aliphatic hydroxyl groups is 1. The van der Waals surface area contributed by atoms with Crippen molar-refractivity contribution in [1.29, 1.82) is 0 Å². The standard InChI is InChI=1S/C12H18N2O2/c15-6-3-12-10-16-7-5-14(12)9-11-2-1-4-13-8-11/h1-2,4,8,12,15H,3,5-7,9-10H2. The third-order valence-corrected chi connectivity index (χ3v) is 2.92. The van der Waals surface area contributed by atoms with Crippen LogP contribution in [0.5, 0.6) is 0 Å². The Kier molecular flexibility index (Phi) is 4.27. The van der Waals surface area contributed by atoms with Crippen molar-refractivity contribution in [2.75, 3.05) is 26.4 Å². The molecule has 2 heterocycles. The summed E-state index contributed by atoms with van der Waals surface area (Å²) in [5.74, 6) is 0. The van der Waals surface area contributed by atoms with Gasteiger partial charge in [0.2, 0.25) is 0 Å². The number of aromatic nitrogens is 1. The molecule has 0 aliphatic carbocycles. The number of ether oxygens (including phenoxy) is 1. The van der Waals surface area contributed by atoms with Gasteiger partial charge in [0.05, 0.1) is 13.2 Å². The fourth-order valence-electron chi connectivity index (χ4n) is 2.04. The Morgan fingerprint density at radius 2 is 2.50 bits per heavy atom. The second-order valence-electron chi connectivity index (χ2n) is 4.07. The topological polar surface area (TPSA) is 45.6 Å². The molecule has 1 atom stereocenters. The number of hydrogen-bond acceptors (Lipinski definition) is 4. The van der Waals surface area contributed by atoms with Crippen LogP contribution in [0, 0.1) is 0 Å². The predicted molar refractivity (Wildman–Crippen MR) is 61.0 cm³/mol. The number of rotatable bonds is 4. The molecule has 0 saturated carbocycles. The molecule has 1 aliphatic heterocycles. The van der Waals surface area contributed by atoms with E-state index in [9.17, 15) is 0 Å². The molecule has 0 aromatic carbocycles. The predicted octanol–water partition coefficient (Wildman–Crippen LogP) is 0.665. The van der Waals surface area contributed by atoms with Crippen molar-refractivity contribution in [3.63, 3.8) is 0 Å². The van der Waals surface area contributed by atoms with Gasteiger partial charge in [-0.3, -0.25) is 9.88 Å². The SMILES string of the molecule is OCCC1COCCN1Cc1cccnc1. The van der Waals surface area contributed by atoms with E-state index in [0.717, 1.165) is 32.7 Å². The Hall–Kier alpha value is -0.970. The molecule has 88 valence electrons. The first kappa shape index (κ1) is 11.5. The van der Waals surface area contributed by atoms with Crippen molar-refractivity contribution >= 4 is 0 Å². The number of morpholine rings is 1. The molecule has 4 nitrogen and oxygen atoms in total. The molecule has 1 fully saturated rings. The Bertz CT molecular complexity index is 303. The van der Waals surface area contributed by atoms with E-state index in [-0.39, 0.29) is 6.61 Å². The van der Waals surface area contributed by atoms with E-state index in [2.05, 4.69) is 16.0 Å². The Labute approximate surface area is 95.9 Å². The first-order valence-corrected chi connectivity index (χ1v) is 5.71. The van der Waals surface area contributed by atoms with Crippen LogP contribution in [0.1, 0.15) is 12.0 Å². The monoisotopic (exact) mass is 222 g/mol. The quantitative estimate of drug-likeness (QED) is 0.813. The molecule has 1 aliphatic rings. The summed E-state index contributed by atoms with van der Waals surface area (Å²) in [5.41, 5.74) is 1.22. The smallest absolute Gasteiger partial charge is 0.0623 e. The van der Waals surface area contributed by atoms with E-state index in [1.807, 2.05) is 12.3 Å². The van der Waals surface area contributed by atoms with Crippen LogP contribution in [-0.4, -0.2) is 47.4 Å². The number of hydrogen-bond donors (Lipinski definition) is 1. The summed E-state index contributed by atoms with van der Waals surface area (Å²) >= 11 is 0. The summed E-state index contributed by atoms with van der Waals surface area (Å²) in [5, 5.41) is 9.01. The van der Waals surface area contributed by atoms with E-state index in [4.69, 9.17) is 9.84 Å². The highest BCUT2D eigenvalue weighted by molar-refractivity contribution is 5.08. The first-order valence-electron chi connectivity index (χ1n) is 5.71. The van der Waals surface area contributed by atoms with Crippen molar-refractivity contribution in [2.24, 2.45) is 0 Å². The molecule has 1 aromatic rings. The lowest BCUT2D eigenvalue weighted by Gasteiger charge is -2.35. The molecular weight excluding hydrogens is 204 g/mol. The van der Waals surface area contributed by atoms with Gasteiger partial charge < -0.3 is 9.84 Å². The van der Waals surface area contributed by atoms with E-state index in [1.165, 1.54) is 5.56 Å².